The number of nitrogens with zero attached hydrogens (tertiary/aromatic N) is 4. The van der Waals surface area contributed by atoms with Crippen LogP contribution in [0.2, 0.25) is 0 Å². The number of unbranched alkanes of at least 4 members (excludes halogenated alkanes) is 2. The van der Waals surface area contributed by atoms with Crippen molar-refractivity contribution in [3.63, 3.8) is 0 Å². The maximum absolute atomic E-state index is 13.5. The molecular weight excluding hydrogens is 772 g/mol. The monoisotopic (exact) mass is 836 g/mol. The van der Waals surface area contributed by atoms with E-state index in [0.717, 1.165) is 19.3 Å². The average Bonchev–Trinajstić information content (AvgIpc) is 3.16. The number of amides is 4. The molecule has 4 amide bonds. The van der Waals surface area contributed by atoms with Crippen molar-refractivity contribution in [2.45, 2.75) is 75.9 Å². The number of carboxylic acid groups (broad SMARTS) is 3. The van der Waals surface area contributed by atoms with Crippen LogP contribution in [0.5, 0.6) is 0 Å². The largest absolute Gasteiger partial charge is 0.480 e. The van der Waals surface area contributed by atoms with Gasteiger partial charge >= 0.3 is 17.9 Å². The molecule has 0 aromatic rings. The van der Waals surface area contributed by atoms with Gasteiger partial charge in [-0.2, -0.15) is 0 Å². The highest BCUT2D eigenvalue weighted by atomic mass is 16.4. The highest BCUT2D eigenvalue weighted by Crippen LogP contribution is 2.06. The number of rotatable bonds is 26. The highest BCUT2D eigenvalue weighted by Gasteiger charge is 2.31. The van der Waals surface area contributed by atoms with Gasteiger partial charge in [0.2, 0.25) is 23.6 Å². The molecule has 0 spiro atoms. The molecule has 0 radical (unpaired) electrons. The Labute approximate surface area is 337 Å². The first-order chi connectivity index (χ1) is 27.4. The lowest BCUT2D eigenvalue weighted by atomic mass is 10.0. The Morgan fingerprint density at radius 2 is 1.00 bits per heavy atom. The number of carbonyl (C=O) groups is 7. The summed E-state index contributed by atoms with van der Waals surface area (Å²) in [4.78, 5) is 92.8. The first kappa shape index (κ1) is 51.9. The van der Waals surface area contributed by atoms with Gasteiger partial charge in [0.25, 0.3) is 0 Å². The van der Waals surface area contributed by atoms with Crippen LogP contribution < -0.4 is 21.3 Å². The molecule has 12 N–H and O–H groups in total. The third kappa shape index (κ3) is 23.4. The van der Waals surface area contributed by atoms with E-state index < -0.39 is 79.2 Å². The lowest BCUT2D eigenvalue weighted by Gasteiger charge is -2.33. The van der Waals surface area contributed by atoms with Crippen molar-refractivity contribution in [2.24, 2.45) is 0 Å². The minimum atomic E-state index is -1.92. The zero-order valence-corrected chi connectivity index (χ0v) is 33.2. The summed E-state index contributed by atoms with van der Waals surface area (Å²) >= 11 is 0. The average molecular weight is 837 g/mol. The highest BCUT2D eigenvalue weighted by molar-refractivity contribution is 5.89. The summed E-state index contributed by atoms with van der Waals surface area (Å²) in [5.74, 6) is -5.73. The van der Waals surface area contributed by atoms with Crippen molar-refractivity contribution in [1.29, 1.82) is 0 Å². The first-order valence-corrected chi connectivity index (χ1v) is 19.4. The van der Waals surface area contributed by atoms with E-state index in [1.165, 1.54) is 0 Å². The Morgan fingerprint density at radius 3 is 1.45 bits per heavy atom. The van der Waals surface area contributed by atoms with Crippen LogP contribution in [0.25, 0.3) is 0 Å². The predicted molar refractivity (Wildman–Crippen MR) is 204 cm³/mol. The summed E-state index contributed by atoms with van der Waals surface area (Å²) in [6.07, 6.45) is -5.32. The van der Waals surface area contributed by atoms with E-state index in [2.05, 4.69) is 21.3 Å². The van der Waals surface area contributed by atoms with Crippen molar-refractivity contribution < 1.29 is 74.4 Å². The van der Waals surface area contributed by atoms with Gasteiger partial charge in [0.1, 0.15) is 24.4 Å². The second kappa shape index (κ2) is 29.2. The molecule has 0 aromatic heterocycles. The number of hydrogen-bond acceptors (Lipinski definition) is 16. The van der Waals surface area contributed by atoms with E-state index in [9.17, 15) is 69.3 Å². The molecule has 1 rings (SSSR count). The number of aliphatic hydroxyl groups is 5. The maximum atomic E-state index is 13.5. The van der Waals surface area contributed by atoms with Gasteiger partial charge < -0.3 is 62.1 Å². The predicted octanol–water partition coefficient (Wildman–Crippen LogP) is -5.91. The molecule has 1 aliphatic heterocycles. The molecule has 0 bridgehead atoms. The van der Waals surface area contributed by atoms with E-state index in [-0.39, 0.29) is 110 Å². The third-order valence-corrected chi connectivity index (χ3v) is 9.27. The van der Waals surface area contributed by atoms with E-state index >= 15 is 0 Å². The first-order valence-electron chi connectivity index (χ1n) is 19.4. The molecule has 0 unspecified atom stereocenters. The standard InChI is InChI=1S/C35H64N8O15/c1-2-3-4-8-36-28(48)7-9-37-35(58)24(5-6-27(47)38-18-25(45)33(56)34(57)26(46)23-44)39-29(49)19-40-10-12-41(20-30(50)51)14-16-43(22-32(54)55)17-15-42(13-11-40)21-31(52)53/h24-26,33-34,44-46,56-57H,2-23H2,1H3,(H,36,48)(H,37,58)(H,38,47)(H,39,49)(H,50,51)(H,52,53)(H,54,55)/t24-,25-,26+,33+,34+/m0/s1. The molecule has 1 heterocycles. The van der Waals surface area contributed by atoms with Gasteiger partial charge in [0.05, 0.1) is 38.9 Å². The lowest BCUT2D eigenvalue weighted by molar-refractivity contribution is -0.140. The Morgan fingerprint density at radius 1 is 0.552 bits per heavy atom. The fraction of sp³-hybridized carbons (Fsp3) is 0.800. The number of nitrogens with one attached hydrogen (secondary N) is 4. The Kier molecular flexibility index (Phi) is 26.1. The van der Waals surface area contributed by atoms with Crippen LogP contribution >= 0.6 is 0 Å². The van der Waals surface area contributed by atoms with Crippen molar-refractivity contribution in [1.82, 2.24) is 40.9 Å². The lowest BCUT2D eigenvalue weighted by Crippen LogP contribution is -2.52. The third-order valence-electron chi connectivity index (χ3n) is 9.27. The summed E-state index contributed by atoms with van der Waals surface area (Å²) in [6.45, 7) is 0.792. The number of carbonyl (C=O) groups excluding carboxylic acids is 4. The molecule has 334 valence electrons. The molecule has 23 heteroatoms. The normalized spacial score (nSPS) is 18.0. The molecular formula is C35H64N8O15. The van der Waals surface area contributed by atoms with Crippen LogP contribution in [0.4, 0.5) is 0 Å². The molecule has 58 heavy (non-hydrogen) atoms. The van der Waals surface area contributed by atoms with Crippen molar-refractivity contribution in [2.75, 3.05) is 105 Å². The zero-order chi connectivity index (χ0) is 43.6. The zero-order valence-electron chi connectivity index (χ0n) is 33.2. The van der Waals surface area contributed by atoms with E-state index in [1.54, 1.807) is 19.6 Å². The number of aliphatic hydroxyl groups excluding tert-OH is 5. The molecule has 5 atom stereocenters. The fourth-order valence-electron chi connectivity index (χ4n) is 5.88. The molecule has 0 saturated carbocycles. The topological polar surface area (TPSA) is 342 Å². The van der Waals surface area contributed by atoms with Gasteiger partial charge in [-0.1, -0.05) is 19.8 Å². The quantitative estimate of drug-likeness (QED) is 0.0361. The number of carboxylic acids is 3. The van der Waals surface area contributed by atoms with Crippen LogP contribution in [-0.2, 0) is 33.6 Å². The Balaban J connectivity index is 3.10. The summed E-state index contributed by atoms with van der Waals surface area (Å²) in [5.41, 5.74) is 0. The number of aliphatic carboxylic acids is 3. The molecule has 1 fully saturated rings. The summed E-state index contributed by atoms with van der Waals surface area (Å²) < 4.78 is 0. The van der Waals surface area contributed by atoms with Gasteiger partial charge in [-0.05, 0) is 12.8 Å². The van der Waals surface area contributed by atoms with Gasteiger partial charge in [0.15, 0.2) is 0 Å². The van der Waals surface area contributed by atoms with Crippen LogP contribution in [0.1, 0.15) is 45.4 Å². The van der Waals surface area contributed by atoms with Gasteiger partial charge in [0, 0.05) is 84.8 Å². The second-order valence-electron chi connectivity index (χ2n) is 14.1. The molecule has 0 aliphatic carbocycles. The smallest absolute Gasteiger partial charge is 0.317 e. The molecule has 0 aromatic carbocycles. The van der Waals surface area contributed by atoms with Gasteiger partial charge in [-0.3, -0.25) is 53.2 Å². The minimum Gasteiger partial charge on any atom is -0.480 e. The van der Waals surface area contributed by atoms with Gasteiger partial charge in [-0.15, -0.1) is 0 Å². The molecule has 1 aliphatic rings. The summed E-state index contributed by atoms with van der Waals surface area (Å²) in [7, 11) is 0. The van der Waals surface area contributed by atoms with Crippen molar-refractivity contribution in [3.05, 3.63) is 0 Å². The fourth-order valence-corrected chi connectivity index (χ4v) is 5.88. The van der Waals surface area contributed by atoms with E-state index in [0.29, 0.717) is 6.54 Å². The van der Waals surface area contributed by atoms with Crippen LogP contribution in [0, 0.1) is 0 Å². The van der Waals surface area contributed by atoms with E-state index in [1.807, 2.05) is 6.92 Å². The summed E-state index contributed by atoms with van der Waals surface area (Å²) in [5, 5.41) is 87.1. The van der Waals surface area contributed by atoms with Gasteiger partial charge in [-0.25, -0.2) is 0 Å². The maximum Gasteiger partial charge on any atom is 0.317 e. The van der Waals surface area contributed by atoms with Crippen LogP contribution in [0.3, 0.4) is 0 Å². The van der Waals surface area contributed by atoms with E-state index in [4.69, 9.17) is 5.11 Å². The SMILES string of the molecule is CCCCCNC(=O)CCNC(=O)[C@H](CCC(=O)NC[C@H](O)[C@@H](O)[C@H](O)[C@H](O)CO)NC(=O)CN1CCN(CC(=O)O)CCN(CC(=O)O)CCN(CC(=O)O)CC1. The molecule has 1 saturated heterocycles. The minimum absolute atomic E-state index is 0.0579. The van der Waals surface area contributed by atoms with Crippen LogP contribution in [0.15, 0.2) is 0 Å². The molecule has 23 nitrogen and oxygen atoms in total. The Bertz CT molecular complexity index is 1270. The van der Waals surface area contributed by atoms with Crippen molar-refractivity contribution >= 4 is 41.5 Å². The van der Waals surface area contributed by atoms with Crippen LogP contribution in [-0.4, -0.2) is 237 Å². The second-order valence-corrected chi connectivity index (χ2v) is 14.1. The van der Waals surface area contributed by atoms with Crippen molar-refractivity contribution in [3.8, 4) is 0 Å². The number of hydrogen-bond donors (Lipinski definition) is 12. The summed E-state index contributed by atoms with van der Waals surface area (Å²) in [6, 6.07) is -1.30. The Hall–Kier alpha value is -4.07.